The minimum atomic E-state index is -0.600. The molecule has 0 bridgehead atoms. The van der Waals surface area contributed by atoms with Gasteiger partial charge >= 0.3 is 0 Å². The zero-order chi connectivity index (χ0) is 14.3. The number of aromatic nitrogens is 1. The van der Waals surface area contributed by atoms with Crippen LogP contribution < -0.4 is 5.32 Å². The molecule has 2 aliphatic rings. The zero-order valence-electron chi connectivity index (χ0n) is 10.6. The maximum absolute atomic E-state index is 12.6. The van der Waals surface area contributed by atoms with Crippen molar-refractivity contribution in [2.45, 2.75) is 12.5 Å². The highest BCUT2D eigenvalue weighted by Crippen LogP contribution is 2.30. The van der Waals surface area contributed by atoms with Crippen LogP contribution in [0.3, 0.4) is 0 Å². The first-order chi connectivity index (χ1) is 9.58. The van der Waals surface area contributed by atoms with E-state index in [0.717, 1.165) is 25.7 Å². The third-order valence-electron chi connectivity index (χ3n) is 3.98. The normalized spacial score (nSPS) is 24.8. The van der Waals surface area contributed by atoms with E-state index in [9.17, 15) is 14.9 Å². The number of halogens is 1. The first-order valence-electron chi connectivity index (χ1n) is 6.39. The van der Waals surface area contributed by atoms with Crippen molar-refractivity contribution in [3.8, 4) is 0 Å². The van der Waals surface area contributed by atoms with Gasteiger partial charge in [0.05, 0.1) is 4.92 Å². The second kappa shape index (κ2) is 4.99. The smallest absolute Gasteiger partial charge is 0.300 e. The Hall–Kier alpha value is -1.73. The van der Waals surface area contributed by atoms with Gasteiger partial charge in [0.15, 0.2) is 0 Å². The van der Waals surface area contributed by atoms with Gasteiger partial charge in [-0.15, -0.1) is 0 Å². The Labute approximate surface area is 120 Å². The summed E-state index contributed by atoms with van der Waals surface area (Å²) >= 11 is 5.77. The van der Waals surface area contributed by atoms with E-state index in [1.807, 2.05) is 0 Å². The van der Waals surface area contributed by atoms with Gasteiger partial charge in [-0.1, -0.05) is 11.6 Å². The fourth-order valence-electron chi connectivity index (χ4n) is 3.00. The molecule has 20 heavy (non-hydrogen) atoms. The van der Waals surface area contributed by atoms with Crippen LogP contribution >= 0.6 is 11.6 Å². The SMILES string of the molecule is O=C(c1cc(Cl)ncc1[N+](=O)[O-])N1CC[C@H]2CNC[C@H]21. The summed E-state index contributed by atoms with van der Waals surface area (Å²) in [5.41, 5.74) is -0.281. The highest BCUT2D eigenvalue weighted by Gasteiger charge is 2.41. The summed E-state index contributed by atoms with van der Waals surface area (Å²) in [7, 11) is 0. The van der Waals surface area contributed by atoms with Gasteiger partial charge in [-0.25, -0.2) is 4.98 Å². The summed E-state index contributed by atoms with van der Waals surface area (Å²) in [6.07, 6.45) is 1.96. The summed E-state index contributed by atoms with van der Waals surface area (Å²) in [5.74, 6) is 0.104. The van der Waals surface area contributed by atoms with E-state index in [0.29, 0.717) is 12.5 Å². The Morgan fingerprint density at radius 3 is 3.10 bits per heavy atom. The van der Waals surface area contributed by atoms with Crippen molar-refractivity contribution in [2.24, 2.45) is 5.92 Å². The molecule has 0 radical (unpaired) electrons. The van der Waals surface area contributed by atoms with E-state index < -0.39 is 4.92 Å². The Balaban J connectivity index is 1.94. The molecule has 7 nitrogen and oxygen atoms in total. The number of nitrogens with zero attached hydrogens (tertiary/aromatic N) is 3. The van der Waals surface area contributed by atoms with Gasteiger partial charge in [-0.2, -0.15) is 0 Å². The molecule has 1 N–H and O–H groups in total. The van der Waals surface area contributed by atoms with Gasteiger partial charge < -0.3 is 10.2 Å². The molecule has 1 aromatic rings. The molecule has 2 saturated heterocycles. The van der Waals surface area contributed by atoms with Gasteiger partial charge in [-0.3, -0.25) is 14.9 Å². The Kier molecular flexibility index (Phi) is 3.31. The molecule has 106 valence electrons. The fraction of sp³-hybridized carbons (Fsp3) is 0.500. The maximum atomic E-state index is 12.6. The largest absolute Gasteiger partial charge is 0.334 e. The summed E-state index contributed by atoms with van der Waals surface area (Å²) < 4.78 is 0. The molecule has 2 atom stereocenters. The maximum Gasteiger partial charge on any atom is 0.300 e. The molecule has 2 aliphatic heterocycles. The van der Waals surface area contributed by atoms with Crippen LogP contribution in [0.15, 0.2) is 12.3 Å². The van der Waals surface area contributed by atoms with Crippen LogP contribution in [0.25, 0.3) is 0 Å². The first-order valence-corrected chi connectivity index (χ1v) is 6.77. The average molecular weight is 297 g/mol. The molecular formula is C12H13ClN4O3. The van der Waals surface area contributed by atoms with Crippen LogP contribution in [0.5, 0.6) is 0 Å². The standard InChI is InChI=1S/C12H13ClN4O3/c13-11-3-8(10(6-15-11)17(19)20)12(18)16-2-1-7-4-14-5-9(7)16/h3,6-7,9,14H,1-2,4-5H2/t7-,9+/m0/s1. The molecule has 0 aliphatic carbocycles. The van der Waals surface area contributed by atoms with Crippen molar-refractivity contribution in [3.05, 3.63) is 33.1 Å². The highest BCUT2D eigenvalue weighted by molar-refractivity contribution is 6.29. The van der Waals surface area contributed by atoms with Crippen LogP contribution in [-0.4, -0.2) is 46.4 Å². The summed E-state index contributed by atoms with van der Waals surface area (Å²) in [4.78, 5) is 28.4. The van der Waals surface area contributed by atoms with E-state index in [4.69, 9.17) is 11.6 Å². The van der Waals surface area contributed by atoms with Gasteiger partial charge in [0.1, 0.15) is 16.9 Å². The predicted molar refractivity (Wildman–Crippen MR) is 71.7 cm³/mol. The number of nitro groups is 1. The van der Waals surface area contributed by atoms with E-state index in [-0.39, 0.29) is 28.4 Å². The van der Waals surface area contributed by atoms with Crippen LogP contribution in [0.4, 0.5) is 5.69 Å². The lowest BCUT2D eigenvalue weighted by atomic mass is 10.0. The average Bonchev–Trinajstić information content (AvgIpc) is 2.99. The van der Waals surface area contributed by atoms with Crippen molar-refractivity contribution < 1.29 is 9.72 Å². The van der Waals surface area contributed by atoms with E-state index >= 15 is 0 Å². The van der Waals surface area contributed by atoms with Crippen LogP contribution in [0.1, 0.15) is 16.8 Å². The number of carbonyl (C=O) groups excluding carboxylic acids is 1. The first kappa shape index (κ1) is 13.3. The van der Waals surface area contributed by atoms with E-state index in [2.05, 4.69) is 10.3 Å². The number of rotatable bonds is 2. The number of pyridine rings is 1. The zero-order valence-corrected chi connectivity index (χ0v) is 11.3. The molecule has 3 rings (SSSR count). The Morgan fingerprint density at radius 2 is 2.35 bits per heavy atom. The second-order valence-electron chi connectivity index (χ2n) is 5.05. The number of amides is 1. The van der Waals surface area contributed by atoms with Crippen LogP contribution in [0.2, 0.25) is 5.15 Å². The molecule has 0 saturated carbocycles. The number of carbonyl (C=O) groups is 1. The minimum Gasteiger partial charge on any atom is -0.334 e. The lowest BCUT2D eigenvalue weighted by Gasteiger charge is -2.23. The topological polar surface area (TPSA) is 88.4 Å². The van der Waals surface area contributed by atoms with Crippen molar-refractivity contribution in [1.29, 1.82) is 0 Å². The molecule has 0 unspecified atom stereocenters. The molecule has 1 amide bonds. The summed E-state index contributed by atoms with van der Waals surface area (Å²) in [5, 5.41) is 14.3. The van der Waals surface area contributed by atoms with Gasteiger partial charge in [0.25, 0.3) is 11.6 Å². The van der Waals surface area contributed by atoms with Crippen molar-refractivity contribution in [3.63, 3.8) is 0 Å². The Bertz CT molecular complexity index is 580. The molecule has 8 heteroatoms. The molecular weight excluding hydrogens is 284 g/mol. The van der Waals surface area contributed by atoms with Crippen LogP contribution in [0, 0.1) is 16.0 Å². The fourth-order valence-corrected chi connectivity index (χ4v) is 3.15. The minimum absolute atomic E-state index is 0.0163. The van der Waals surface area contributed by atoms with Crippen molar-refractivity contribution >= 4 is 23.2 Å². The van der Waals surface area contributed by atoms with E-state index in [1.165, 1.54) is 6.07 Å². The van der Waals surface area contributed by atoms with Gasteiger partial charge in [-0.05, 0) is 18.4 Å². The summed E-state index contributed by atoms with van der Waals surface area (Å²) in [6.45, 7) is 2.27. The lowest BCUT2D eigenvalue weighted by molar-refractivity contribution is -0.385. The van der Waals surface area contributed by atoms with E-state index in [1.54, 1.807) is 4.90 Å². The summed E-state index contributed by atoms with van der Waals surface area (Å²) in [6, 6.07) is 1.40. The third-order valence-corrected chi connectivity index (χ3v) is 4.19. The van der Waals surface area contributed by atoms with Crippen LogP contribution in [-0.2, 0) is 0 Å². The molecule has 0 aromatic carbocycles. The molecule has 2 fully saturated rings. The monoisotopic (exact) mass is 296 g/mol. The van der Waals surface area contributed by atoms with Gasteiger partial charge in [0.2, 0.25) is 0 Å². The number of fused-ring (bicyclic) bond motifs is 1. The molecule has 1 aromatic heterocycles. The highest BCUT2D eigenvalue weighted by atomic mass is 35.5. The number of hydrogen-bond acceptors (Lipinski definition) is 5. The number of likely N-dealkylation sites (tertiary alicyclic amines) is 1. The van der Waals surface area contributed by atoms with Gasteiger partial charge in [0, 0.05) is 25.7 Å². The van der Waals surface area contributed by atoms with Crippen molar-refractivity contribution in [2.75, 3.05) is 19.6 Å². The number of hydrogen-bond donors (Lipinski definition) is 1. The lowest BCUT2D eigenvalue weighted by Crippen LogP contribution is -2.39. The molecule has 3 heterocycles. The van der Waals surface area contributed by atoms with Crippen molar-refractivity contribution in [1.82, 2.24) is 15.2 Å². The second-order valence-corrected chi connectivity index (χ2v) is 5.44. The quantitative estimate of drug-likeness (QED) is 0.501. The number of nitrogens with one attached hydrogen (secondary N) is 1. The predicted octanol–water partition coefficient (Wildman–Crippen LogP) is 1.08. The Morgan fingerprint density at radius 1 is 1.55 bits per heavy atom. The molecule has 0 spiro atoms. The third kappa shape index (κ3) is 2.12.